The average molecular weight is 426 g/mol. The van der Waals surface area contributed by atoms with E-state index in [2.05, 4.69) is 10.3 Å². The summed E-state index contributed by atoms with van der Waals surface area (Å²) >= 11 is 0. The molecular weight excluding hydrogens is 398 g/mol. The third-order valence-electron chi connectivity index (χ3n) is 5.16. The molecule has 30 heavy (non-hydrogen) atoms. The Morgan fingerprint density at radius 2 is 1.70 bits per heavy atom. The molecule has 0 aliphatic carbocycles. The van der Waals surface area contributed by atoms with E-state index < -0.39 is 10.0 Å². The quantitative estimate of drug-likeness (QED) is 0.619. The van der Waals surface area contributed by atoms with Crippen LogP contribution in [0.3, 0.4) is 0 Å². The predicted molar refractivity (Wildman–Crippen MR) is 119 cm³/mol. The summed E-state index contributed by atoms with van der Waals surface area (Å²) in [5, 5.41) is 3.81. The van der Waals surface area contributed by atoms with Crippen LogP contribution in [-0.4, -0.2) is 36.7 Å². The SMILES string of the molecule is CCN(CC)S(=O)(=O)c1ccc(C(C)NC(=O)c2cc(C)nc3ccccc23)cc1. The number of amides is 1. The second-order valence-electron chi connectivity index (χ2n) is 7.18. The zero-order valence-corrected chi connectivity index (χ0v) is 18.5. The molecule has 0 fully saturated rings. The molecule has 0 spiro atoms. The molecule has 0 aliphatic heterocycles. The van der Waals surface area contributed by atoms with Gasteiger partial charge >= 0.3 is 0 Å². The van der Waals surface area contributed by atoms with Gasteiger partial charge in [0.2, 0.25) is 10.0 Å². The summed E-state index contributed by atoms with van der Waals surface area (Å²) in [6.45, 7) is 8.22. The standard InChI is InChI=1S/C23H27N3O3S/c1-5-26(6-2)30(28,29)19-13-11-18(12-14-19)17(4)25-23(27)21-15-16(3)24-22-10-8-7-9-20(21)22/h7-15,17H,5-6H2,1-4H3,(H,25,27). The highest BCUT2D eigenvalue weighted by Crippen LogP contribution is 2.22. The largest absolute Gasteiger partial charge is 0.345 e. The summed E-state index contributed by atoms with van der Waals surface area (Å²) < 4.78 is 26.7. The first-order valence-corrected chi connectivity index (χ1v) is 11.5. The maximum atomic E-state index is 12.9. The zero-order chi connectivity index (χ0) is 21.9. The lowest BCUT2D eigenvalue weighted by Crippen LogP contribution is -2.30. The van der Waals surface area contributed by atoms with E-state index in [1.54, 1.807) is 30.3 Å². The highest BCUT2D eigenvalue weighted by atomic mass is 32.2. The van der Waals surface area contributed by atoms with E-state index >= 15 is 0 Å². The van der Waals surface area contributed by atoms with Crippen molar-refractivity contribution in [1.82, 2.24) is 14.6 Å². The number of sulfonamides is 1. The van der Waals surface area contributed by atoms with Crippen LogP contribution in [0.25, 0.3) is 10.9 Å². The fraction of sp³-hybridized carbons (Fsp3) is 0.304. The number of pyridine rings is 1. The van der Waals surface area contributed by atoms with Crippen molar-refractivity contribution in [3.05, 3.63) is 71.4 Å². The number of aromatic nitrogens is 1. The van der Waals surface area contributed by atoms with Crippen LogP contribution in [0.1, 0.15) is 48.4 Å². The van der Waals surface area contributed by atoms with Crippen LogP contribution in [0.5, 0.6) is 0 Å². The van der Waals surface area contributed by atoms with Gasteiger partial charge in [0.15, 0.2) is 0 Å². The number of hydrogen-bond acceptors (Lipinski definition) is 4. The van der Waals surface area contributed by atoms with E-state index in [1.165, 1.54) is 4.31 Å². The summed E-state index contributed by atoms with van der Waals surface area (Å²) in [6, 6.07) is 15.7. The molecular formula is C23H27N3O3S. The van der Waals surface area contributed by atoms with Gasteiger partial charge in [0, 0.05) is 24.2 Å². The van der Waals surface area contributed by atoms with Crippen molar-refractivity contribution in [1.29, 1.82) is 0 Å². The summed E-state index contributed by atoms with van der Waals surface area (Å²) in [4.78, 5) is 17.7. The highest BCUT2D eigenvalue weighted by molar-refractivity contribution is 7.89. The number of benzene rings is 2. The number of hydrogen-bond donors (Lipinski definition) is 1. The fourth-order valence-electron chi connectivity index (χ4n) is 3.49. The molecule has 0 radical (unpaired) electrons. The Balaban J connectivity index is 1.82. The number of rotatable bonds is 7. The molecule has 0 saturated heterocycles. The number of para-hydroxylation sites is 1. The van der Waals surface area contributed by atoms with Gasteiger partial charge in [-0.1, -0.05) is 44.2 Å². The molecule has 7 heteroatoms. The lowest BCUT2D eigenvalue weighted by atomic mass is 10.0. The molecule has 1 unspecified atom stereocenters. The lowest BCUT2D eigenvalue weighted by Gasteiger charge is -2.19. The van der Waals surface area contributed by atoms with Gasteiger partial charge < -0.3 is 5.32 Å². The Hall–Kier alpha value is -2.77. The summed E-state index contributed by atoms with van der Waals surface area (Å²) in [5.74, 6) is -0.191. The van der Waals surface area contributed by atoms with Gasteiger partial charge in [-0.25, -0.2) is 8.42 Å². The van der Waals surface area contributed by atoms with Crippen molar-refractivity contribution >= 4 is 26.8 Å². The number of aryl methyl sites for hydroxylation is 1. The minimum absolute atomic E-state index is 0.191. The third kappa shape index (κ3) is 4.37. The first-order chi connectivity index (χ1) is 14.3. The Morgan fingerprint density at radius 3 is 2.33 bits per heavy atom. The molecule has 158 valence electrons. The molecule has 6 nitrogen and oxygen atoms in total. The minimum atomic E-state index is -3.50. The monoisotopic (exact) mass is 425 g/mol. The lowest BCUT2D eigenvalue weighted by molar-refractivity contribution is 0.0941. The van der Waals surface area contributed by atoms with E-state index in [1.807, 2.05) is 52.0 Å². The van der Waals surface area contributed by atoms with E-state index in [4.69, 9.17) is 0 Å². The number of fused-ring (bicyclic) bond motifs is 1. The van der Waals surface area contributed by atoms with Crippen molar-refractivity contribution in [2.75, 3.05) is 13.1 Å². The molecule has 1 heterocycles. The van der Waals surface area contributed by atoms with Crippen LogP contribution in [0.2, 0.25) is 0 Å². The van der Waals surface area contributed by atoms with Crippen LogP contribution in [-0.2, 0) is 10.0 Å². The van der Waals surface area contributed by atoms with Gasteiger partial charge in [-0.2, -0.15) is 4.31 Å². The number of carbonyl (C=O) groups excluding carboxylic acids is 1. The fourth-order valence-corrected chi connectivity index (χ4v) is 4.95. The molecule has 3 aromatic rings. The first kappa shape index (κ1) is 21.9. The van der Waals surface area contributed by atoms with E-state index in [9.17, 15) is 13.2 Å². The van der Waals surface area contributed by atoms with Crippen LogP contribution < -0.4 is 5.32 Å². The number of nitrogens with one attached hydrogen (secondary N) is 1. The maximum absolute atomic E-state index is 12.9. The van der Waals surface area contributed by atoms with E-state index in [0.29, 0.717) is 18.7 Å². The second-order valence-corrected chi connectivity index (χ2v) is 9.12. The van der Waals surface area contributed by atoms with Crippen molar-refractivity contribution in [2.24, 2.45) is 0 Å². The molecule has 3 rings (SSSR count). The molecule has 1 amide bonds. The van der Waals surface area contributed by atoms with Gasteiger partial charge in [0.25, 0.3) is 5.91 Å². The Bertz CT molecular complexity index is 1150. The van der Waals surface area contributed by atoms with Crippen molar-refractivity contribution < 1.29 is 13.2 Å². The van der Waals surface area contributed by atoms with Crippen LogP contribution >= 0.6 is 0 Å². The molecule has 2 aromatic carbocycles. The molecule has 1 atom stereocenters. The van der Waals surface area contributed by atoms with Crippen LogP contribution in [0.4, 0.5) is 0 Å². The Labute approximate surface area is 178 Å². The summed E-state index contributed by atoms with van der Waals surface area (Å²) in [7, 11) is -3.50. The Morgan fingerprint density at radius 1 is 1.07 bits per heavy atom. The maximum Gasteiger partial charge on any atom is 0.252 e. The number of carbonyl (C=O) groups is 1. The van der Waals surface area contributed by atoms with Gasteiger partial charge in [0.1, 0.15) is 0 Å². The molecule has 1 N–H and O–H groups in total. The normalized spacial score (nSPS) is 12.8. The van der Waals surface area contributed by atoms with Crippen LogP contribution in [0.15, 0.2) is 59.5 Å². The molecule has 0 saturated carbocycles. The molecule has 1 aromatic heterocycles. The van der Waals surface area contributed by atoms with Crippen molar-refractivity contribution in [3.8, 4) is 0 Å². The highest BCUT2D eigenvalue weighted by Gasteiger charge is 2.22. The first-order valence-electron chi connectivity index (χ1n) is 10.0. The molecule has 0 aliphatic rings. The number of nitrogens with zero attached hydrogens (tertiary/aromatic N) is 2. The van der Waals surface area contributed by atoms with Gasteiger partial charge in [-0.3, -0.25) is 9.78 Å². The zero-order valence-electron chi connectivity index (χ0n) is 17.7. The summed E-state index contributed by atoms with van der Waals surface area (Å²) in [5.41, 5.74) is 2.96. The second kappa shape index (κ2) is 8.93. The smallest absolute Gasteiger partial charge is 0.252 e. The average Bonchev–Trinajstić information content (AvgIpc) is 2.73. The van der Waals surface area contributed by atoms with Crippen LogP contribution in [0, 0.1) is 6.92 Å². The Kier molecular flexibility index (Phi) is 6.53. The minimum Gasteiger partial charge on any atom is -0.345 e. The van der Waals surface area contributed by atoms with Gasteiger partial charge in [-0.05, 0) is 43.7 Å². The third-order valence-corrected chi connectivity index (χ3v) is 7.22. The summed E-state index contributed by atoms with van der Waals surface area (Å²) in [6.07, 6.45) is 0. The topological polar surface area (TPSA) is 79.4 Å². The van der Waals surface area contributed by atoms with E-state index in [-0.39, 0.29) is 16.8 Å². The predicted octanol–water partition coefficient (Wildman–Crippen LogP) is 4.06. The van der Waals surface area contributed by atoms with E-state index in [0.717, 1.165) is 22.2 Å². The molecule has 0 bridgehead atoms. The van der Waals surface area contributed by atoms with Crippen molar-refractivity contribution in [3.63, 3.8) is 0 Å². The van der Waals surface area contributed by atoms with Crippen molar-refractivity contribution in [2.45, 2.75) is 38.6 Å². The van der Waals surface area contributed by atoms with Gasteiger partial charge in [0.05, 0.1) is 22.0 Å². The van der Waals surface area contributed by atoms with Gasteiger partial charge in [-0.15, -0.1) is 0 Å².